The highest BCUT2D eigenvalue weighted by Gasteiger charge is 2.28. The largest absolute Gasteiger partial charge is 0.488 e. The van der Waals surface area contributed by atoms with Gasteiger partial charge in [-0.3, -0.25) is 4.79 Å². The lowest BCUT2D eigenvalue weighted by atomic mass is 9.93. The summed E-state index contributed by atoms with van der Waals surface area (Å²) in [5, 5.41) is 2.62. The van der Waals surface area contributed by atoms with Crippen molar-refractivity contribution in [2.75, 3.05) is 11.9 Å². The summed E-state index contributed by atoms with van der Waals surface area (Å²) in [6, 6.07) is 4.93. The number of fused-ring (bicyclic) bond motifs is 3. The standard InChI is InChI=1S/C22H27F2N3O4/c1-12(2)8-22(4,25)11-30-17-6-5-15-16-7-18(27-13(3)28)26-9-14(16)10-29-19(15)20(17)31-21(23)24/h5-7,9,12,21H,8,10-11,25H2,1-4H3,(H,26,27,28). The number of hydrogen-bond donors (Lipinski definition) is 2. The van der Waals surface area contributed by atoms with Gasteiger partial charge in [-0.05, 0) is 43.0 Å². The molecule has 31 heavy (non-hydrogen) atoms. The van der Waals surface area contributed by atoms with Crippen LogP contribution in [0, 0.1) is 5.92 Å². The van der Waals surface area contributed by atoms with Crippen molar-refractivity contribution in [3.8, 4) is 28.4 Å². The molecule has 1 aliphatic heterocycles. The van der Waals surface area contributed by atoms with E-state index in [4.69, 9.17) is 19.9 Å². The van der Waals surface area contributed by atoms with E-state index in [1.165, 1.54) is 6.92 Å². The molecule has 1 amide bonds. The van der Waals surface area contributed by atoms with E-state index in [2.05, 4.69) is 10.3 Å². The van der Waals surface area contributed by atoms with Crippen LogP contribution in [0.4, 0.5) is 14.6 Å². The third-order valence-electron chi connectivity index (χ3n) is 4.67. The Morgan fingerprint density at radius 2 is 2.10 bits per heavy atom. The Bertz CT molecular complexity index is 964. The molecule has 0 aliphatic carbocycles. The molecule has 1 aromatic carbocycles. The van der Waals surface area contributed by atoms with Gasteiger partial charge in [-0.25, -0.2) is 4.98 Å². The number of nitrogens with one attached hydrogen (secondary N) is 1. The number of anilines is 1. The predicted octanol–water partition coefficient (Wildman–Crippen LogP) is 4.34. The molecule has 3 rings (SSSR count). The predicted molar refractivity (Wildman–Crippen MR) is 112 cm³/mol. The van der Waals surface area contributed by atoms with Crippen LogP contribution in [0.25, 0.3) is 11.1 Å². The number of carbonyl (C=O) groups is 1. The number of halogens is 2. The molecule has 9 heteroatoms. The van der Waals surface area contributed by atoms with Crippen LogP contribution in [0.3, 0.4) is 0 Å². The summed E-state index contributed by atoms with van der Waals surface area (Å²) >= 11 is 0. The number of nitrogens with two attached hydrogens (primary N) is 1. The van der Waals surface area contributed by atoms with Gasteiger partial charge in [-0.1, -0.05) is 13.8 Å². The number of ether oxygens (including phenoxy) is 3. The third kappa shape index (κ3) is 5.61. The number of nitrogens with zero attached hydrogens (tertiary/aromatic N) is 1. The van der Waals surface area contributed by atoms with Gasteiger partial charge in [0.05, 0.1) is 0 Å². The summed E-state index contributed by atoms with van der Waals surface area (Å²) in [4.78, 5) is 15.5. The molecule has 0 bridgehead atoms. The first-order chi connectivity index (χ1) is 14.6. The molecule has 2 aromatic rings. The maximum atomic E-state index is 13.2. The lowest BCUT2D eigenvalue weighted by Gasteiger charge is -2.28. The zero-order valence-corrected chi connectivity index (χ0v) is 18.0. The average Bonchev–Trinajstić information content (AvgIpc) is 2.65. The van der Waals surface area contributed by atoms with Gasteiger partial charge in [0.25, 0.3) is 0 Å². The van der Waals surface area contributed by atoms with E-state index >= 15 is 0 Å². The smallest absolute Gasteiger partial charge is 0.387 e. The van der Waals surface area contributed by atoms with Gasteiger partial charge in [0, 0.05) is 29.8 Å². The van der Waals surface area contributed by atoms with Crippen molar-refractivity contribution < 1.29 is 27.8 Å². The van der Waals surface area contributed by atoms with E-state index in [0.29, 0.717) is 29.3 Å². The first-order valence-corrected chi connectivity index (χ1v) is 9.99. The minimum Gasteiger partial charge on any atom is -0.488 e. The van der Waals surface area contributed by atoms with Crippen LogP contribution < -0.4 is 25.3 Å². The summed E-state index contributed by atoms with van der Waals surface area (Å²) in [7, 11) is 0. The molecule has 0 fully saturated rings. The third-order valence-corrected chi connectivity index (χ3v) is 4.67. The van der Waals surface area contributed by atoms with Crippen LogP contribution in [0.2, 0.25) is 0 Å². The molecule has 0 spiro atoms. The summed E-state index contributed by atoms with van der Waals surface area (Å²) < 4.78 is 42.7. The number of amides is 1. The van der Waals surface area contributed by atoms with Gasteiger partial charge in [0.1, 0.15) is 19.0 Å². The molecule has 0 saturated carbocycles. The molecule has 0 saturated heterocycles. The van der Waals surface area contributed by atoms with E-state index < -0.39 is 12.2 Å². The molecule has 1 aliphatic rings. The normalized spacial score (nSPS) is 14.4. The van der Waals surface area contributed by atoms with Crippen molar-refractivity contribution in [1.29, 1.82) is 0 Å². The highest BCUT2D eigenvalue weighted by molar-refractivity contribution is 5.89. The minimum absolute atomic E-state index is 0.112. The molecule has 3 N–H and O–H groups in total. The summed E-state index contributed by atoms with van der Waals surface area (Å²) in [6.07, 6.45) is 2.28. The monoisotopic (exact) mass is 435 g/mol. The Morgan fingerprint density at radius 1 is 1.35 bits per heavy atom. The van der Waals surface area contributed by atoms with Crippen LogP contribution in [0.5, 0.6) is 17.2 Å². The maximum absolute atomic E-state index is 13.2. The summed E-state index contributed by atoms with van der Waals surface area (Å²) in [6.45, 7) is 4.49. The Kier molecular flexibility index (Phi) is 6.64. The summed E-state index contributed by atoms with van der Waals surface area (Å²) in [5.41, 5.74) is 7.64. The highest BCUT2D eigenvalue weighted by atomic mass is 19.3. The van der Waals surface area contributed by atoms with E-state index in [9.17, 15) is 13.6 Å². The van der Waals surface area contributed by atoms with Crippen molar-refractivity contribution in [1.82, 2.24) is 4.98 Å². The average molecular weight is 435 g/mol. The SMILES string of the molecule is CC(=O)Nc1cc2c(cn1)COc1c-2ccc(OCC(C)(N)CC(C)C)c1OC(F)F. The Morgan fingerprint density at radius 3 is 2.74 bits per heavy atom. The number of rotatable bonds is 8. The Labute approximate surface area is 179 Å². The van der Waals surface area contributed by atoms with Gasteiger partial charge in [0.2, 0.25) is 11.7 Å². The van der Waals surface area contributed by atoms with Gasteiger partial charge >= 0.3 is 6.61 Å². The molecular formula is C22H27F2N3O4. The van der Waals surface area contributed by atoms with Crippen LogP contribution in [0.1, 0.15) is 39.7 Å². The van der Waals surface area contributed by atoms with E-state index in [0.717, 1.165) is 5.56 Å². The molecule has 7 nitrogen and oxygen atoms in total. The summed E-state index contributed by atoms with van der Waals surface area (Å²) in [5.74, 6) is 0.522. The van der Waals surface area contributed by atoms with Gasteiger partial charge in [-0.15, -0.1) is 0 Å². The quantitative estimate of drug-likeness (QED) is 0.640. The van der Waals surface area contributed by atoms with Crippen molar-refractivity contribution in [3.05, 3.63) is 30.0 Å². The zero-order valence-electron chi connectivity index (χ0n) is 18.0. The zero-order chi connectivity index (χ0) is 22.8. The van der Waals surface area contributed by atoms with Crippen LogP contribution in [-0.2, 0) is 11.4 Å². The number of aromatic nitrogens is 1. The van der Waals surface area contributed by atoms with Crippen molar-refractivity contribution >= 4 is 11.7 Å². The van der Waals surface area contributed by atoms with Gasteiger partial charge < -0.3 is 25.3 Å². The molecule has 1 atom stereocenters. The number of carbonyl (C=O) groups excluding carboxylic acids is 1. The number of pyridine rings is 1. The fraction of sp³-hybridized carbons (Fsp3) is 0.455. The fourth-order valence-corrected chi connectivity index (χ4v) is 3.70. The van der Waals surface area contributed by atoms with E-state index in [-0.39, 0.29) is 36.4 Å². The second-order valence-electron chi connectivity index (χ2n) is 8.39. The second kappa shape index (κ2) is 9.05. The van der Waals surface area contributed by atoms with Gasteiger partial charge in [-0.2, -0.15) is 8.78 Å². The minimum atomic E-state index is -3.06. The lowest BCUT2D eigenvalue weighted by Crippen LogP contribution is -2.43. The number of benzene rings is 1. The van der Waals surface area contributed by atoms with Crippen molar-refractivity contribution in [3.63, 3.8) is 0 Å². The van der Waals surface area contributed by atoms with E-state index in [1.54, 1.807) is 24.4 Å². The van der Waals surface area contributed by atoms with Crippen LogP contribution >= 0.6 is 0 Å². The van der Waals surface area contributed by atoms with Gasteiger partial charge in [0.15, 0.2) is 11.5 Å². The first-order valence-electron chi connectivity index (χ1n) is 9.99. The topological polar surface area (TPSA) is 95.7 Å². The highest BCUT2D eigenvalue weighted by Crippen LogP contribution is 2.49. The number of hydrogen-bond acceptors (Lipinski definition) is 6. The van der Waals surface area contributed by atoms with Crippen molar-refractivity contribution in [2.24, 2.45) is 11.7 Å². The van der Waals surface area contributed by atoms with Crippen molar-refractivity contribution in [2.45, 2.75) is 52.9 Å². The van der Waals surface area contributed by atoms with Crippen LogP contribution in [-0.4, -0.2) is 29.6 Å². The maximum Gasteiger partial charge on any atom is 0.387 e. The lowest BCUT2D eigenvalue weighted by molar-refractivity contribution is -0.114. The Balaban J connectivity index is 1.98. The number of alkyl halides is 2. The molecule has 1 aromatic heterocycles. The second-order valence-corrected chi connectivity index (χ2v) is 8.39. The molecule has 2 heterocycles. The molecule has 168 valence electrons. The molecular weight excluding hydrogens is 408 g/mol. The Hall–Kier alpha value is -2.94. The molecule has 0 radical (unpaired) electrons. The van der Waals surface area contributed by atoms with E-state index in [1.807, 2.05) is 20.8 Å². The molecule has 1 unspecified atom stereocenters. The van der Waals surface area contributed by atoms with Crippen LogP contribution in [0.15, 0.2) is 24.4 Å². The first kappa shape index (κ1) is 22.7. The fourth-order valence-electron chi connectivity index (χ4n) is 3.70.